The molecule has 3 aromatic heterocycles. The van der Waals surface area contributed by atoms with Crippen molar-refractivity contribution < 1.29 is 4.39 Å². The number of thiophene rings is 1. The standard InChI is InChI=1S/C13H9FN2OS/c1-8-4-9-5-10(14)6-15-12(9)16(13(8)17)11-2-3-18-7-11/h2-7H,1H3. The van der Waals surface area contributed by atoms with Gasteiger partial charge in [0.15, 0.2) is 0 Å². The Bertz CT molecular complexity index is 778. The summed E-state index contributed by atoms with van der Waals surface area (Å²) in [6.07, 6.45) is 1.12. The van der Waals surface area contributed by atoms with Crippen LogP contribution in [-0.2, 0) is 0 Å². The minimum atomic E-state index is -0.405. The van der Waals surface area contributed by atoms with Gasteiger partial charge in [-0.25, -0.2) is 9.37 Å². The van der Waals surface area contributed by atoms with Gasteiger partial charge in [-0.05, 0) is 30.5 Å². The summed E-state index contributed by atoms with van der Waals surface area (Å²) in [4.78, 5) is 16.2. The molecule has 3 aromatic rings. The van der Waals surface area contributed by atoms with Crippen LogP contribution >= 0.6 is 11.3 Å². The van der Waals surface area contributed by atoms with Gasteiger partial charge in [0.1, 0.15) is 11.5 Å². The van der Waals surface area contributed by atoms with Gasteiger partial charge in [0.2, 0.25) is 0 Å². The fourth-order valence-corrected chi connectivity index (χ4v) is 2.55. The number of fused-ring (bicyclic) bond motifs is 1. The van der Waals surface area contributed by atoms with E-state index in [0.29, 0.717) is 16.6 Å². The van der Waals surface area contributed by atoms with Gasteiger partial charge in [0.05, 0.1) is 11.9 Å². The Kier molecular flexibility index (Phi) is 2.48. The first kappa shape index (κ1) is 11.1. The van der Waals surface area contributed by atoms with Gasteiger partial charge in [0.25, 0.3) is 5.56 Å². The maximum absolute atomic E-state index is 13.2. The van der Waals surface area contributed by atoms with Gasteiger partial charge in [-0.2, -0.15) is 11.3 Å². The van der Waals surface area contributed by atoms with E-state index in [1.807, 2.05) is 16.8 Å². The van der Waals surface area contributed by atoms with Crippen LogP contribution in [0.4, 0.5) is 4.39 Å². The van der Waals surface area contributed by atoms with Gasteiger partial charge in [-0.15, -0.1) is 0 Å². The lowest BCUT2D eigenvalue weighted by Gasteiger charge is -2.08. The summed E-state index contributed by atoms with van der Waals surface area (Å²) in [6.45, 7) is 1.72. The molecule has 0 N–H and O–H groups in total. The van der Waals surface area contributed by atoms with E-state index in [4.69, 9.17) is 0 Å². The molecule has 0 aliphatic carbocycles. The molecule has 18 heavy (non-hydrogen) atoms. The predicted octanol–water partition coefficient (Wildman–Crippen LogP) is 2.89. The van der Waals surface area contributed by atoms with Crippen LogP contribution in [0.3, 0.4) is 0 Å². The van der Waals surface area contributed by atoms with Crippen LogP contribution in [0.25, 0.3) is 16.7 Å². The molecule has 0 saturated carbocycles. The Morgan fingerprint density at radius 1 is 1.39 bits per heavy atom. The van der Waals surface area contributed by atoms with Gasteiger partial charge < -0.3 is 0 Å². The van der Waals surface area contributed by atoms with Crippen LogP contribution in [0.5, 0.6) is 0 Å². The summed E-state index contributed by atoms with van der Waals surface area (Å²) in [5.74, 6) is -0.405. The van der Waals surface area contributed by atoms with Crippen molar-refractivity contribution in [3.63, 3.8) is 0 Å². The molecule has 0 aromatic carbocycles. The first-order chi connectivity index (χ1) is 8.66. The van der Waals surface area contributed by atoms with Crippen molar-refractivity contribution >= 4 is 22.4 Å². The first-order valence-corrected chi connectivity index (χ1v) is 6.31. The van der Waals surface area contributed by atoms with Gasteiger partial charge in [-0.3, -0.25) is 9.36 Å². The quantitative estimate of drug-likeness (QED) is 0.674. The second kappa shape index (κ2) is 4.03. The normalized spacial score (nSPS) is 11.0. The highest BCUT2D eigenvalue weighted by atomic mass is 32.1. The van der Waals surface area contributed by atoms with Crippen molar-refractivity contribution in [2.24, 2.45) is 0 Å². The fraction of sp³-hybridized carbons (Fsp3) is 0.0769. The largest absolute Gasteiger partial charge is 0.269 e. The van der Waals surface area contributed by atoms with Crippen LogP contribution in [0.2, 0.25) is 0 Å². The molecule has 5 heteroatoms. The van der Waals surface area contributed by atoms with E-state index >= 15 is 0 Å². The van der Waals surface area contributed by atoms with Crippen LogP contribution in [0, 0.1) is 12.7 Å². The highest BCUT2D eigenvalue weighted by Gasteiger charge is 2.10. The Morgan fingerprint density at radius 2 is 2.22 bits per heavy atom. The number of rotatable bonds is 1. The zero-order chi connectivity index (χ0) is 12.7. The second-order valence-corrected chi connectivity index (χ2v) is 4.80. The van der Waals surface area contributed by atoms with Gasteiger partial charge in [0, 0.05) is 16.3 Å². The minimum Gasteiger partial charge on any atom is -0.269 e. The molecule has 0 fully saturated rings. The van der Waals surface area contributed by atoms with Gasteiger partial charge in [-0.1, -0.05) is 0 Å². The third kappa shape index (κ3) is 1.64. The molecule has 0 saturated heterocycles. The van der Waals surface area contributed by atoms with E-state index in [9.17, 15) is 9.18 Å². The van der Waals surface area contributed by atoms with Crippen molar-refractivity contribution in [1.29, 1.82) is 0 Å². The molecule has 0 radical (unpaired) electrons. The SMILES string of the molecule is Cc1cc2cc(F)cnc2n(-c2ccsc2)c1=O. The molecule has 0 atom stereocenters. The van der Waals surface area contributed by atoms with E-state index in [0.717, 1.165) is 11.9 Å². The van der Waals surface area contributed by atoms with Crippen molar-refractivity contribution in [1.82, 2.24) is 9.55 Å². The zero-order valence-corrected chi connectivity index (χ0v) is 10.4. The molecule has 90 valence electrons. The number of halogens is 1. The lowest BCUT2D eigenvalue weighted by atomic mass is 10.2. The number of hydrogen-bond acceptors (Lipinski definition) is 3. The topological polar surface area (TPSA) is 34.9 Å². The lowest BCUT2D eigenvalue weighted by molar-refractivity contribution is 0.623. The number of hydrogen-bond donors (Lipinski definition) is 0. The molecule has 0 aliphatic rings. The van der Waals surface area contributed by atoms with E-state index in [2.05, 4.69) is 4.98 Å². The minimum absolute atomic E-state index is 0.125. The summed E-state index contributed by atoms with van der Waals surface area (Å²) >= 11 is 1.50. The predicted molar refractivity (Wildman–Crippen MR) is 69.9 cm³/mol. The van der Waals surface area contributed by atoms with E-state index in [-0.39, 0.29) is 5.56 Å². The molecular formula is C13H9FN2OS. The molecule has 0 amide bonds. The lowest BCUT2D eigenvalue weighted by Crippen LogP contribution is -2.21. The Balaban J connectivity index is 2.49. The van der Waals surface area contributed by atoms with Crippen molar-refractivity contribution in [2.75, 3.05) is 0 Å². The maximum Gasteiger partial charge on any atom is 0.259 e. The number of aryl methyl sites for hydroxylation is 1. The summed E-state index contributed by atoms with van der Waals surface area (Å²) < 4.78 is 14.7. The summed E-state index contributed by atoms with van der Waals surface area (Å²) in [5, 5.41) is 4.38. The second-order valence-electron chi connectivity index (χ2n) is 4.02. The highest BCUT2D eigenvalue weighted by molar-refractivity contribution is 7.08. The van der Waals surface area contributed by atoms with E-state index in [1.165, 1.54) is 22.0 Å². The summed E-state index contributed by atoms with van der Waals surface area (Å²) in [5.41, 5.74) is 1.68. The van der Waals surface area contributed by atoms with Crippen molar-refractivity contribution in [2.45, 2.75) is 6.92 Å². The monoisotopic (exact) mass is 260 g/mol. The smallest absolute Gasteiger partial charge is 0.259 e. The fourth-order valence-electron chi connectivity index (χ4n) is 1.93. The third-order valence-electron chi connectivity index (χ3n) is 2.75. The Labute approximate surface area is 106 Å². The van der Waals surface area contributed by atoms with Crippen LogP contribution in [0.1, 0.15) is 5.56 Å². The van der Waals surface area contributed by atoms with Crippen LogP contribution in [0.15, 0.2) is 40.0 Å². The van der Waals surface area contributed by atoms with Crippen molar-refractivity contribution in [3.8, 4) is 5.69 Å². The van der Waals surface area contributed by atoms with E-state index < -0.39 is 5.82 Å². The van der Waals surface area contributed by atoms with Crippen molar-refractivity contribution in [3.05, 3.63) is 56.9 Å². The number of aromatic nitrogens is 2. The van der Waals surface area contributed by atoms with E-state index in [1.54, 1.807) is 13.0 Å². The van der Waals surface area contributed by atoms with Crippen LogP contribution < -0.4 is 5.56 Å². The molecule has 3 nitrogen and oxygen atoms in total. The Hall–Kier alpha value is -2.01. The molecular weight excluding hydrogens is 251 g/mol. The zero-order valence-electron chi connectivity index (χ0n) is 9.55. The molecule has 0 spiro atoms. The molecule has 3 heterocycles. The number of pyridine rings is 2. The van der Waals surface area contributed by atoms with Gasteiger partial charge >= 0.3 is 0 Å². The Morgan fingerprint density at radius 3 is 2.94 bits per heavy atom. The average molecular weight is 260 g/mol. The first-order valence-electron chi connectivity index (χ1n) is 5.37. The molecule has 3 rings (SSSR count). The maximum atomic E-state index is 13.2. The van der Waals surface area contributed by atoms with Crippen LogP contribution in [-0.4, -0.2) is 9.55 Å². The molecule has 0 aliphatic heterocycles. The third-order valence-corrected chi connectivity index (χ3v) is 3.42. The number of nitrogens with zero attached hydrogens (tertiary/aromatic N) is 2. The average Bonchev–Trinajstić information content (AvgIpc) is 2.84. The summed E-state index contributed by atoms with van der Waals surface area (Å²) in [6, 6.07) is 4.89. The molecule has 0 bridgehead atoms. The summed E-state index contributed by atoms with van der Waals surface area (Å²) in [7, 11) is 0. The molecule has 0 unspecified atom stereocenters. The highest BCUT2D eigenvalue weighted by Crippen LogP contribution is 2.18.